The lowest BCUT2D eigenvalue weighted by Gasteiger charge is -2.21. The van der Waals surface area contributed by atoms with Crippen LogP contribution in [0.4, 0.5) is 0 Å². The summed E-state index contributed by atoms with van der Waals surface area (Å²) in [6.07, 6.45) is 6.53. The monoisotopic (exact) mass is 1160 g/mol. The van der Waals surface area contributed by atoms with E-state index in [1.54, 1.807) is 0 Å². The van der Waals surface area contributed by atoms with Gasteiger partial charge in [-0.05, 0) is 98.4 Å². The molecule has 88 heavy (non-hydrogen) atoms. The van der Waals surface area contributed by atoms with E-state index in [4.69, 9.17) is 18.9 Å². The highest BCUT2D eigenvalue weighted by Crippen LogP contribution is 2.57. The second kappa shape index (κ2) is 20.1. The summed E-state index contributed by atoms with van der Waals surface area (Å²) >= 11 is 0. The third-order valence-corrected chi connectivity index (χ3v) is 19.9. The molecule has 8 nitrogen and oxygen atoms in total. The van der Waals surface area contributed by atoms with E-state index in [2.05, 4.69) is 268 Å². The molecule has 8 heterocycles. The standard InChI is InChI=1S/C23H18NO.2C19H16NO.C15H14NO.4CH4/c1-23(2)17-8-5-9-20-21(17)22-18(23)11-16-10-14-6-3-4-7-15(14)12-19(16)24(22)13-25-20;2*1-19(2)14-8-5-9-15-16(14)18-17(19)13-7-4-3-6-12(13)10-20(18)11-21-15;1-15(2)10-5-3-7-12-13(10)14-11(15)6-4-8-16(14)9-17-12;;;;/h3-12H,13H2,1-2H3;2*3-10H,11H2,1-2H3;3-8H,9H2,1-2H3;4*1H4/q4*+1;;;;. The van der Waals surface area contributed by atoms with Gasteiger partial charge in [0.25, 0.3) is 26.9 Å². The highest BCUT2D eigenvalue weighted by atomic mass is 16.5. The molecule has 8 heteroatoms. The van der Waals surface area contributed by atoms with Crippen molar-refractivity contribution in [3.8, 4) is 68.0 Å². The smallest absolute Gasteiger partial charge is 0.293 e. The highest BCUT2D eigenvalue weighted by molar-refractivity contribution is 5.99. The fourth-order valence-corrected chi connectivity index (χ4v) is 15.9. The molecular formula is C80H80N4O4+4. The molecule has 0 N–H and O–H groups in total. The first-order valence-corrected chi connectivity index (χ1v) is 29.6. The van der Waals surface area contributed by atoms with Crippen LogP contribution >= 0.6 is 0 Å². The molecule has 0 radical (unpaired) electrons. The maximum Gasteiger partial charge on any atom is 0.293 e. The Morgan fingerprint density at radius 1 is 0.307 bits per heavy atom. The predicted octanol–water partition coefficient (Wildman–Crippen LogP) is 17.7. The van der Waals surface area contributed by atoms with E-state index in [0.29, 0.717) is 26.9 Å². The summed E-state index contributed by atoms with van der Waals surface area (Å²) in [6, 6.07) is 63.0. The maximum absolute atomic E-state index is 6.14. The molecule has 12 aromatic rings. The van der Waals surface area contributed by atoms with Crippen molar-refractivity contribution >= 4 is 43.2 Å². The summed E-state index contributed by atoms with van der Waals surface area (Å²) in [5.74, 6) is 4.09. The van der Waals surface area contributed by atoms with Crippen molar-refractivity contribution in [1.29, 1.82) is 0 Å². The van der Waals surface area contributed by atoms with E-state index in [-0.39, 0.29) is 51.4 Å². The molecule has 0 saturated heterocycles. The molecule has 4 aliphatic carbocycles. The number of benzene rings is 8. The van der Waals surface area contributed by atoms with Crippen molar-refractivity contribution in [3.63, 3.8) is 0 Å². The van der Waals surface area contributed by atoms with E-state index in [1.165, 1.54) is 133 Å². The molecule has 4 aliphatic heterocycles. The molecule has 0 amide bonds. The van der Waals surface area contributed by atoms with Crippen molar-refractivity contribution in [3.05, 3.63) is 239 Å². The molecule has 0 saturated carbocycles. The Kier molecular flexibility index (Phi) is 13.2. The van der Waals surface area contributed by atoms with Gasteiger partial charge in [-0.1, -0.05) is 194 Å². The molecule has 8 aromatic carbocycles. The molecule has 4 aromatic heterocycles. The third kappa shape index (κ3) is 7.75. The Bertz CT molecular complexity index is 4730. The molecular weight excluding hydrogens is 1080 g/mol. The molecule has 0 fully saturated rings. The minimum absolute atomic E-state index is 0. The van der Waals surface area contributed by atoms with Gasteiger partial charge in [-0.2, -0.15) is 18.3 Å². The van der Waals surface area contributed by atoms with Gasteiger partial charge < -0.3 is 18.9 Å². The lowest BCUT2D eigenvalue weighted by Crippen LogP contribution is -2.42. The van der Waals surface area contributed by atoms with Gasteiger partial charge in [0, 0.05) is 72.2 Å². The number of hydrogen-bond acceptors (Lipinski definition) is 4. The summed E-state index contributed by atoms with van der Waals surface area (Å²) in [5, 5.41) is 9.12. The van der Waals surface area contributed by atoms with Crippen LogP contribution in [0.5, 0.6) is 23.0 Å². The first-order valence-electron chi connectivity index (χ1n) is 29.6. The van der Waals surface area contributed by atoms with Crippen LogP contribution < -0.4 is 37.2 Å². The number of aromatic nitrogens is 4. The average molecular weight is 1160 g/mol. The van der Waals surface area contributed by atoms with Crippen molar-refractivity contribution in [1.82, 2.24) is 0 Å². The van der Waals surface area contributed by atoms with Gasteiger partial charge in [-0.25, -0.2) is 0 Å². The summed E-state index contributed by atoms with van der Waals surface area (Å²) in [4.78, 5) is 0. The molecule has 8 aliphatic rings. The van der Waals surface area contributed by atoms with Crippen LogP contribution in [-0.4, -0.2) is 0 Å². The topological polar surface area (TPSA) is 52.4 Å². The highest BCUT2D eigenvalue weighted by Gasteiger charge is 2.50. The Morgan fingerprint density at radius 3 is 1.19 bits per heavy atom. The second-order valence-electron chi connectivity index (χ2n) is 26.0. The minimum Gasteiger partial charge on any atom is -0.435 e. The van der Waals surface area contributed by atoms with Crippen molar-refractivity contribution in [2.45, 2.75) is 134 Å². The number of ether oxygens (including phenoxy) is 4. The van der Waals surface area contributed by atoms with Gasteiger partial charge in [0.1, 0.15) is 23.0 Å². The Hall–Kier alpha value is -9.40. The Balaban J connectivity index is 0.000000107. The Morgan fingerprint density at radius 2 is 0.693 bits per heavy atom. The number of fused-ring (bicyclic) bond motifs is 7. The number of nitrogens with zero attached hydrogens (tertiary/aromatic N) is 4. The van der Waals surface area contributed by atoms with Crippen LogP contribution in [0.25, 0.3) is 88.2 Å². The van der Waals surface area contributed by atoms with Gasteiger partial charge in [-0.15, -0.1) is 0 Å². The van der Waals surface area contributed by atoms with Gasteiger partial charge in [0.2, 0.25) is 28.3 Å². The summed E-state index contributed by atoms with van der Waals surface area (Å²) in [7, 11) is 0. The van der Waals surface area contributed by atoms with Crippen LogP contribution in [0.2, 0.25) is 0 Å². The van der Waals surface area contributed by atoms with Crippen LogP contribution in [0, 0.1) is 0 Å². The predicted molar refractivity (Wildman–Crippen MR) is 356 cm³/mol. The fourth-order valence-electron chi connectivity index (χ4n) is 15.9. The first-order chi connectivity index (χ1) is 40.7. The SMILES string of the molecule is C.C.C.C.CC1(C)c2cccc3c2-c2c1c1ccccc1c[n+]2CO3.CC1(C)c2cccc3c2-c2c1c1ccccc1c[n+]2CO3.CC1(C)c2cccc3c2-c2c1cc1cc4ccccc4cc1[n+]2CO3.CC1(C)c2cccc3c2-c2c1ccc[n+]2CO3. The summed E-state index contributed by atoms with van der Waals surface area (Å²) in [5.41, 5.74) is 23.0. The van der Waals surface area contributed by atoms with Crippen molar-refractivity contribution in [2.24, 2.45) is 0 Å². The molecule has 0 spiro atoms. The molecule has 20 rings (SSSR count). The van der Waals surface area contributed by atoms with Gasteiger partial charge >= 0.3 is 0 Å². The zero-order chi connectivity index (χ0) is 56.8. The van der Waals surface area contributed by atoms with Crippen molar-refractivity contribution in [2.75, 3.05) is 0 Å². The molecule has 0 atom stereocenters. The van der Waals surface area contributed by atoms with E-state index in [0.717, 1.165) is 23.0 Å². The quantitative estimate of drug-likeness (QED) is 0.112. The zero-order valence-electron chi connectivity index (χ0n) is 48.7. The summed E-state index contributed by atoms with van der Waals surface area (Å²) < 4.78 is 33.0. The second-order valence-corrected chi connectivity index (χ2v) is 26.0. The number of rotatable bonds is 0. The van der Waals surface area contributed by atoms with Crippen LogP contribution in [0.3, 0.4) is 0 Å². The van der Waals surface area contributed by atoms with Gasteiger partial charge in [0.05, 0.1) is 22.3 Å². The lowest BCUT2D eigenvalue weighted by atomic mass is 9.81. The van der Waals surface area contributed by atoms with E-state index in [9.17, 15) is 0 Å². The molecule has 0 unspecified atom stereocenters. The minimum atomic E-state index is -0.00401. The van der Waals surface area contributed by atoms with E-state index < -0.39 is 0 Å². The number of hydrogen-bond donors (Lipinski definition) is 0. The van der Waals surface area contributed by atoms with E-state index >= 15 is 0 Å². The van der Waals surface area contributed by atoms with Crippen LogP contribution in [0.15, 0.2) is 195 Å². The maximum atomic E-state index is 6.14. The third-order valence-electron chi connectivity index (χ3n) is 19.9. The van der Waals surface area contributed by atoms with Crippen LogP contribution in [0.1, 0.15) is 130 Å². The fraction of sp³-hybridized carbons (Fsp3) is 0.250. The van der Waals surface area contributed by atoms with Crippen LogP contribution in [-0.2, 0) is 48.6 Å². The average Bonchev–Trinajstić information content (AvgIpc) is 1.57. The largest absolute Gasteiger partial charge is 0.435 e. The van der Waals surface area contributed by atoms with E-state index in [1.807, 2.05) is 0 Å². The first kappa shape index (κ1) is 57.7. The summed E-state index contributed by atoms with van der Waals surface area (Å²) in [6.45, 7) is 20.9. The van der Waals surface area contributed by atoms with Gasteiger partial charge in [0.15, 0.2) is 18.6 Å². The lowest BCUT2D eigenvalue weighted by molar-refractivity contribution is -0.717. The Labute approximate surface area is 518 Å². The molecule has 440 valence electrons. The van der Waals surface area contributed by atoms with Crippen molar-refractivity contribution < 1.29 is 37.2 Å². The number of pyridine rings is 4. The zero-order valence-corrected chi connectivity index (χ0v) is 48.7. The van der Waals surface area contributed by atoms with Gasteiger partial charge in [-0.3, -0.25) is 0 Å². The normalized spacial score (nSPS) is 15.9. The molecule has 0 bridgehead atoms.